The van der Waals surface area contributed by atoms with Crippen LogP contribution in [0, 0.1) is 17.3 Å². The molecule has 6 heteroatoms. The Morgan fingerprint density at radius 1 is 1.17 bits per heavy atom. The smallest absolute Gasteiger partial charge is 0.308 e. The average Bonchev–Trinajstić information content (AvgIpc) is 2.92. The summed E-state index contributed by atoms with van der Waals surface area (Å²) in [6.07, 6.45) is 4.51. The highest BCUT2D eigenvalue weighted by molar-refractivity contribution is 5.91. The second kappa shape index (κ2) is 7.47. The number of nitrogens with zero attached hydrogens (tertiary/aromatic N) is 1. The Kier molecular flexibility index (Phi) is 5.13. The van der Waals surface area contributed by atoms with E-state index in [1.165, 1.54) is 25.0 Å². The molecule has 5 atom stereocenters. The van der Waals surface area contributed by atoms with Crippen LogP contribution in [0.5, 0.6) is 5.75 Å². The van der Waals surface area contributed by atoms with Crippen molar-refractivity contribution in [1.82, 2.24) is 0 Å². The first-order valence-electron chi connectivity index (χ1n) is 10.4. The third kappa shape index (κ3) is 3.43. The molecule has 0 saturated heterocycles. The van der Waals surface area contributed by atoms with Gasteiger partial charge >= 0.3 is 11.9 Å². The highest BCUT2D eigenvalue weighted by atomic mass is 16.6. The van der Waals surface area contributed by atoms with Crippen LogP contribution >= 0.6 is 0 Å². The van der Waals surface area contributed by atoms with Crippen LogP contribution in [0.4, 0.5) is 0 Å². The number of carbonyl (C=O) groups is 2. The largest absolute Gasteiger partial charge is 0.462 e. The summed E-state index contributed by atoms with van der Waals surface area (Å²) < 4.78 is 11.0. The van der Waals surface area contributed by atoms with Crippen LogP contribution in [0.25, 0.3) is 0 Å². The van der Waals surface area contributed by atoms with Crippen LogP contribution in [-0.2, 0) is 25.6 Å². The molecular formula is C23H29NO5. The van der Waals surface area contributed by atoms with E-state index in [2.05, 4.69) is 18.1 Å². The van der Waals surface area contributed by atoms with Gasteiger partial charge in [0.1, 0.15) is 19.0 Å². The van der Waals surface area contributed by atoms with Gasteiger partial charge in [-0.05, 0) is 60.8 Å². The molecule has 0 radical (unpaired) electrons. The third-order valence-corrected chi connectivity index (χ3v) is 7.18. The minimum absolute atomic E-state index is 0.112. The van der Waals surface area contributed by atoms with E-state index < -0.39 is 0 Å². The van der Waals surface area contributed by atoms with Crippen molar-refractivity contribution in [2.45, 2.75) is 64.9 Å². The fourth-order valence-electron chi connectivity index (χ4n) is 6.15. The van der Waals surface area contributed by atoms with E-state index in [4.69, 9.17) is 14.3 Å². The molecule has 3 aliphatic carbocycles. The highest BCUT2D eigenvalue weighted by Gasteiger charge is 2.59. The molecule has 0 N–H and O–H groups in total. The first kappa shape index (κ1) is 19.9. The summed E-state index contributed by atoms with van der Waals surface area (Å²) in [4.78, 5) is 28.2. The summed E-state index contributed by atoms with van der Waals surface area (Å²) in [5, 5.41) is 4.37. The lowest BCUT2D eigenvalue weighted by Gasteiger charge is -2.50. The van der Waals surface area contributed by atoms with E-state index in [1.807, 2.05) is 12.1 Å². The van der Waals surface area contributed by atoms with Crippen molar-refractivity contribution in [1.29, 1.82) is 0 Å². The van der Waals surface area contributed by atoms with Gasteiger partial charge in [-0.2, -0.15) is 0 Å². The SMILES string of the molecule is CO/N=C1/C[C@H](OC(C)=O)[C@@]2(C)CC[C@@H]3c4ccc(OC(C)=O)cc4CC[C@H]3[C@H]12. The van der Waals surface area contributed by atoms with Crippen molar-refractivity contribution in [2.75, 3.05) is 7.11 Å². The molecule has 0 aromatic heterocycles. The molecule has 0 unspecified atom stereocenters. The van der Waals surface area contributed by atoms with Gasteiger partial charge in [0.25, 0.3) is 0 Å². The molecule has 0 amide bonds. The Morgan fingerprint density at radius 3 is 2.66 bits per heavy atom. The molecule has 6 nitrogen and oxygen atoms in total. The van der Waals surface area contributed by atoms with Crippen LogP contribution in [0.3, 0.4) is 0 Å². The van der Waals surface area contributed by atoms with Crippen LogP contribution in [0.15, 0.2) is 23.4 Å². The van der Waals surface area contributed by atoms with E-state index >= 15 is 0 Å². The predicted octanol–water partition coefficient (Wildman–Crippen LogP) is 4.01. The van der Waals surface area contributed by atoms with Gasteiger partial charge in [0, 0.05) is 31.6 Å². The number of benzene rings is 1. The summed E-state index contributed by atoms with van der Waals surface area (Å²) in [6.45, 7) is 5.15. The minimum Gasteiger partial charge on any atom is -0.462 e. The molecule has 4 rings (SSSR count). The normalized spacial score (nSPS) is 34.0. The fourth-order valence-corrected chi connectivity index (χ4v) is 6.15. The number of hydrogen-bond acceptors (Lipinski definition) is 6. The number of aryl methyl sites for hydroxylation is 1. The second-order valence-electron chi connectivity index (χ2n) is 8.85. The van der Waals surface area contributed by atoms with Crippen molar-refractivity contribution >= 4 is 17.7 Å². The molecular weight excluding hydrogens is 370 g/mol. The van der Waals surface area contributed by atoms with Gasteiger partial charge < -0.3 is 14.3 Å². The number of rotatable bonds is 3. The number of oxime groups is 1. The molecule has 29 heavy (non-hydrogen) atoms. The molecule has 2 fully saturated rings. The van der Waals surface area contributed by atoms with Gasteiger partial charge in [0.05, 0.1) is 5.71 Å². The summed E-state index contributed by atoms with van der Waals surface area (Å²) in [6, 6.07) is 6.04. The summed E-state index contributed by atoms with van der Waals surface area (Å²) in [7, 11) is 1.58. The summed E-state index contributed by atoms with van der Waals surface area (Å²) >= 11 is 0. The third-order valence-electron chi connectivity index (χ3n) is 7.18. The molecule has 0 bridgehead atoms. The van der Waals surface area contributed by atoms with E-state index in [-0.39, 0.29) is 29.4 Å². The Balaban J connectivity index is 1.67. The summed E-state index contributed by atoms with van der Waals surface area (Å²) in [5.41, 5.74) is 3.54. The van der Waals surface area contributed by atoms with Gasteiger partial charge in [0.15, 0.2) is 0 Å². The van der Waals surface area contributed by atoms with Gasteiger partial charge in [-0.15, -0.1) is 0 Å². The first-order valence-corrected chi connectivity index (χ1v) is 10.4. The molecule has 0 heterocycles. The van der Waals surface area contributed by atoms with Crippen molar-refractivity contribution in [3.8, 4) is 5.75 Å². The molecule has 0 spiro atoms. The molecule has 1 aromatic carbocycles. The van der Waals surface area contributed by atoms with E-state index in [9.17, 15) is 9.59 Å². The zero-order chi connectivity index (χ0) is 20.8. The fraction of sp³-hybridized carbons (Fsp3) is 0.609. The lowest BCUT2D eigenvalue weighted by molar-refractivity contribution is -0.154. The standard InChI is InChI=1S/C23H29NO5/c1-13(25)28-16-6-8-17-15(11-16)5-7-19-18(17)9-10-23(3)21(29-14(2)26)12-20(22(19)23)24-27-4/h6,8,11,18-19,21-22H,5,7,9-10,12H2,1-4H3/b24-20-/t18-,19-,21+,22-,23-/m1/s1. The molecule has 1 aromatic rings. The topological polar surface area (TPSA) is 74.2 Å². The maximum atomic E-state index is 11.7. The van der Waals surface area contributed by atoms with Crippen molar-refractivity contribution in [2.24, 2.45) is 22.4 Å². The highest BCUT2D eigenvalue weighted by Crippen LogP contribution is 2.60. The van der Waals surface area contributed by atoms with Gasteiger partial charge in [0.2, 0.25) is 0 Å². The molecule has 156 valence electrons. The zero-order valence-corrected chi connectivity index (χ0v) is 17.6. The van der Waals surface area contributed by atoms with E-state index in [1.54, 1.807) is 7.11 Å². The molecule has 2 saturated carbocycles. The second-order valence-corrected chi connectivity index (χ2v) is 8.85. The number of fused-ring (bicyclic) bond motifs is 5. The number of ether oxygens (including phenoxy) is 2. The molecule has 3 aliphatic rings. The lowest BCUT2D eigenvalue weighted by atomic mass is 9.55. The van der Waals surface area contributed by atoms with Gasteiger partial charge in [-0.1, -0.05) is 18.1 Å². The van der Waals surface area contributed by atoms with Gasteiger partial charge in [-0.3, -0.25) is 9.59 Å². The first-order chi connectivity index (χ1) is 13.8. The van der Waals surface area contributed by atoms with Crippen molar-refractivity contribution in [3.05, 3.63) is 29.3 Å². The Labute approximate surface area is 171 Å². The zero-order valence-electron chi connectivity index (χ0n) is 17.6. The van der Waals surface area contributed by atoms with Gasteiger partial charge in [-0.25, -0.2) is 0 Å². The monoisotopic (exact) mass is 399 g/mol. The van der Waals surface area contributed by atoms with E-state index in [0.717, 1.165) is 31.4 Å². The Bertz CT molecular complexity index is 863. The minimum atomic E-state index is -0.296. The number of hydrogen-bond donors (Lipinski definition) is 0. The maximum absolute atomic E-state index is 11.7. The maximum Gasteiger partial charge on any atom is 0.308 e. The number of carbonyl (C=O) groups excluding carboxylic acids is 2. The lowest BCUT2D eigenvalue weighted by Crippen LogP contribution is -2.46. The summed E-state index contributed by atoms with van der Waals surface area (Å²) in [5.74, 6) is 1.20. The van der Waals surface area contributed by atoms with Crippen molar-refractivity contribution < 1.29 is 23.9 Å². The van der Waals surface area contributed by atoms with Crippen molar-refractivity contribution in [3.63, 3.8) is 0 Å². The van der Waals surface area contributed by atoms with Crippen LogP contribution in [-0.4, -0.2) is 30.9 Å². The quantitative estimate of drug-likeness (QED) is 0.436. The van der Waals surface area contributed by atoms with E-state index in [0.29, 0.717) is 24.0 Å². The van der Waals surface area contributed by atoms with Crippen LogP contribution < -0.4 is 4.74 Å². The number of esters is 2. The van der Waals surface area contributed by atoms with Crippen LogP contribution in [0.2, 0.25) is 0 Å². The molecule has 0 aliphatic heterocycles. The Morgan fingerprint density at radius 2 is 1.97 bits per heavy atom. The Hall–Kier alpha value is -2.37. The average molecular weight is 399 g/mol. The van der Waals surface area contributed by atoms with Crippen LogP contribution in [0.1, 0.15) is 63.5 Å². The predicted molar refractivity (Wildman–Crippen MR) is 108 cm³/mol.